The van der Waals surface area contributed by atoms with E-state index in [2.05, 4.69) is 31.3 Å². The lowest BCUT2D eigenvalue weighted by Crippen LogP contribution is -2.35. The van der Waals surface area contributed by atoms with Gasteiger partial charge in [0.05, 0.1) is 0 Å². The Kier molecular flexibility index (Phi) is 3.11. The van der Waals surface area contributed by atoms with E-state index in [4.69, 9.17) is 0 Å². The average molecular weight is 295 g/mol. The maximum Gasteiger partial charge on any atom is 0.156 e. The molecular formula is C12H15BrN4. The van der Waals surface area contributed by atoms with Crippen LogP contribution in [0.4, 0.5) is 0 Å². The standard InChI is InChI=1S/C12H15BrN4/c13-9-4-6-17-12(7-9)15-11(16-17)8-10-3-1-2-5-14-10/h4,6-7,10,14H,1-3,5,8H2. The predicted octanol–water partition coefficient (Wildman–Crippen LogP) is 2.18. The summed E-state index contributed by atoms with van der Waals surface area (Å²) in [4.78, 5) is 4.55. The van der Waals surface area contributed by atoms with Gasteiger partial charge in [-0.3, -0.25) is 0 Å². The highest BCUT2D eigenvalue weighted by atomic mass is 79.9. The number of fused-ring (bicyclic) bond motifs is 1. The van der Waals surface area contributed by atoms with Gasteiger partial charge >= 0.3 is 0 Å². The molecule has 0 bridgehead atoms. The van der Waals surface area contributed by atoms with Gasteiger partial charge < -0.3 is 5.32 Å². The first-order valence-corrected chi connectivity index (χ1v) is 6.85. The Morgan fingerprint density at radius 1 is 1.47 bits per heavy atom. The van der Waals surface area contributed by atoms with Crippen molar-refractivity contribution in [1.82, 2.24) is 19.9 Å². The number of rotatable bonds is 2. The Hall–Kier alpha value is -0.940. The van der Waals surface area contributed by atoms with Crippen LogP contribution < -0.4 is 5.32 Å². The molecule has 1 unspecified atom stereocenters. The largest absolute Gasteiger partial charge is 0.314 e. The van der Waals surface area contributed by atoms with Crippen molar-refractivity contribution in [3.8, 4) is 0 Å². The van der Waals surface area contributed by atoms with E-state index in [1.807, 2.05) is 22.8 Å². The van der Waals surface area contributed by atoms with Crippen LogP contribution in [0.1, 0.15) is 25.1 Å². The molecule has 2 aromatic rings. The number of hydrogen-bond acceptors (Lipinski definition) is 3. The monoisotopic (exact) mass is 294 g/mol. The molecule has 1 aliphatic heterocycles. The van der Waals surface area contributed by atoms with Crippen molar-refractivity contribution < 1.29 is 0 Å². The van der Waals surface area contributed by atoms with Gasteiger partial charge in [-0.15, -0.1) is 0 Å². The fourth-order valence-corrected chi connectivity index (χ4v) is 2.63. The van der Waals surface area contributed by atoms with Crippen molar-refractivity contribution in [3.63, 3.8) is 0 Å². The molecule has 0 amide bonds. The SMILES string of the molecule is Brc1ccn2nc(CC3CCCCN3)nc2c1. The fraction of sp³-hybridized carbons (Fsp3) is 0.500. The van der Waals surface area contributed by atoms with Crippen LogP contribution in [0, 0.1) is 0 Å². The molecule has 0 saturated carbocycles. The third kappa shape index (κ3) is 2.50. The fourth-order valence-electron chi connectivity index (χ4n) is 2.31. The average Bonchev–Trinajstić information content (AvgIpc) is 2.71. The highest BCUT2D eigenvalue weighted by Gasteiger charge is 2.15. The first-order valence-electron chi connectivity index (χ1n) is 6.05. The van der Waals surface area contributed by atoms with Crippen molar-refractivity contribution >= 4 is 21.6 Å². The summed E-state index contributed by atoms with van der Waals surface area (Å²) in [6, 6.07) is 4.51. The minimum atomic E-state index is 0.546. The Labute approximate surface area is 109 Å². The molecule has 1 atom stereocenters. The van der Waals surface area contributed by atoms with Crippen molar-refractivity contribution in [3.05, 3.63) is 28.6 Å². The smallest absolute Gasteiger partial charge is 0.156 e. The molecule has 0 radical (unpaired) electrons. The summed E-state index contributed by atoms with van der Waals surface area (Å²) < 4.78 is 2.88. The minimum absolute atomic E-state index is 0.546. The Morgan fingerprint density at radius 3 is 3.24 bits per heavy atom. The number of halogens is 1. The number of piperidine rings is 1. The molecule has 0 spiro atoms. The molecular weight excluding hydrogens is 280 g/mol. The second-order valence-electron chi connectivity index (χ2n) is 4.53. The highest BCUT2D eigenvalue weighted by molar-refractivity contribution is 9.10. The Bertz CT molecular complexity index is 516. The number of nitrogens with one attached hydrogen (secondary N) is 1. The summed E-state index contributed by atoms with van der Waals surface area (Å²) >= 11 is 3.45. The van der Waals surface area contributed by atoms with Gasteiger partial charge in [0.2, 0.25) is 0 Å². The maximum atomic E-state index is 4.55. The molecule has 4 nitrogen and oxygen atoms in total. The van der Waals surface area contributed by atoms with Crippen LogP contribution in [0.5, 0.6) is 0 Å². The van der Waals surface area contributed by atoms with E-state index in [0.29, 0.717) is 6.04 Å². The molecule has 0 aromatic carbocycles. The normalized spacial score (nSPS) is 20.9. The summed E-state index contributed by atoms with van der Waals surface area (Å²) in [5.41, 5.74) is 0.908. The van der Waals surface area contributed by atoms with Crippen LogP contribution in [0.15, 0.2) is 22.8 Å². The van der Waals surface area contributed by atoms with E-state index in [1.54, 1.807) is 0 Å². The molecule has 0 aliphatic carbocycles. The van der Waals surface area contributed by atoms with Gasteiger partial charge in [-0.1, -0.05) is 22.4 Å². The Balaban J connectivity index is 1.80. The summed E-state index contributed by atoms with van der Waals surface area (Å²) in [5, 5.41) is 8.02. The summed E-state index contributed by atoms with van der Waals surface area (Å²) in [6.45, 7) is 1.13. The first-order chi connectivity index (χ1) is 8.31. The van der Waals surface area contributed by atoms with Crippen molar-refractivity contribution in [2.75, 3.05) is 6.54 Å². The van der Waals surface area contributed by atoms with Crippen molar-refractivity contribution in [2.45, 2.75) is 31.7 Å². The van der Waals surface area contributed by atoms with Gasteiger partial charge in [-0.05, 0) is 31.5 Å². The van der Waals surface area contributed by atoms with Gasteiger partial charge in [0.15, 0.2) is 11.5 Å². The molecule has 1 N–H and O–H groups in total. The van der Waals surface area contributed by atoms with E-state index in [0.717, 1.165) is 28.9 Å². The van der Waals surface area contributed by atoms with Gasteiger partial charge in [-0.25, -0.2) is 9.50 Å². The van der Waals surface area contributed by atoms with E-state index in [9.17, 15) is 0 Å². The van der Waals surface area contributed by atoms with E-state index in [-0.39, 0.29) is 0 Å². The van der Waals surface area contributed by atoms with Crippen LogP contribution in [-0.4, -0.2) is 27.2 Å². The van der Waals surface area contributed by atoms with E-state index >= 15 is 0 Å². The molecule has 1 fully saturated rings. The molecule has 5 heteroatoms. The van der Waals surface area contributed by atoms with Gasteiger partial charge in [0, 0.05) is 23.1 Å². The third-order valence-corrected chi connectivity index (χ3v) is 3.68. The van der Waals surface area contributed by atoms with Gasteiger partial charge in [0.25, 0.3) is 0 Å². The molecule has 1 aliphatic rings. The lowest BCUT2D eigenvalue weighted by atomic mass is 10.0. The zero-order valence-electron chi connectivity index (χ0n) is 9.56. The van der Waals surface area contributed by atoms with Crippen LogP contribution in [0.25, 0.3) is 5.65 Å². The summed E-state index contributed by atoms with van der Waals surface area (Å²) in [7, 11) is 0. The predicted molar refractivity (Wildman–Crippen MR) is 70.0 cm³/mol. The number of nitrogens with zero attached hydrogens (tertiary/aromatic N) is 3. The third-order valence-electron chi connectivity index (χ3n) is 3.18. The van der Waals surface area contributed by atoms with Crippen molar-refractivity contribution in [2.24, 2.45) is 0 Å². The Morgan fingerprint density at radius 2 is 2.41 bits per heavy atom. The molecule has 90 valence electrons. The van der Waals surface area contributed by atoms with Crippen LogP contribution in [-0.2, 0) is 6.42 Å². The quantitative estimate of drug-likeness (QED) is 0.923. The van der Waals surface area contributed by atoms with E-state index in [1.165, 1.54) is 19.3 Å². The number of pyridine rings is 1. The molecule has 3 heterocycles. The van der Waals surface area contributed by atoms with Gasteiger partial charge in [0.1, 0.15) is 0 Å². The molecule has 17 heavy (non-hydrogen) atoms. The molecule has 3 rings (SSSR count). The lowest BCUT2D eigenvalue weighted by molar-refractivity contribution is 0.394. The number of aromatic nitrogens is 3. The lowest BCUT2D eigenvalue weighted by Gasteiger charge is -2.21. The molecule has 1 saturated heterocycles. The van der Waals surface area contributed by atoms with Crippen LogP contribution in [0.2, 0.25) is 0 Å². The first kappa shape index (κ1) is 11.2. The topological polar surface area (TPSA) is 42.2 Å². The zero-order chi connectivity index (χ0) is 11.7. The zero-order valence-corrected chi connectivity index (χ0v) is 11.2. The minimum Gasteiger partial charge on any atom is -0.314 e. The van der Waals surface area contributed by atoms with Crippen LogP contribution >= 0.6 is 15.9 Å². The van der Waals surface area contributed by atoms with E-state index < -0.39 is 0 Å². The van der Waals surface area contributed by atoms with Gasteiger partial charge in [-0.2, -0.15) is 5.10 Å². The second-order valence-corrected chi connectivity index (χ2v) is 5.44. The summed E-state index contributed by atoms with van der Waals surface area (Å²) in [5.74, 6) is 0.933. The highest BCUT2D eigenvalue weighted by Crippen LogP contribution is 2.14. The van der Waals surface area contributed by atoms with Crippen LogP contribution in [0.3, 0.4) is 0 Å². The number of hydrogen-bond donors (Lipinski definition) is 1. The maximum absolute atomic E-state index is 4.55. The second kappa shape index (κ2) is 4.74. The van der Waals surface area contributed by atoms with Crippen molar-refractivity contribution in [1.29, 1.82) is 0 Å². The summed E-state index contributed by atoms with van der Waals surface area (Å²) in [6.07, 6.45) is 6.71. The molecule has 2 aromatic heterocycles.